The number of thioether (sulfide) groups is 1. The van der Waals surface area contributed by atoms with Gasteiger partial charge in [0.15, 0.2) is 0 Å². The number of carbonyl (C=O) groups excluding carboxylic acids is 1. The average Bonchev–Trinajstić information content (AvgIpc) is 3.10. The second-order valence-corrected chi connectivity index (χ2v) is 8.49. The maximum Gasteiger partial charge on any atom is 0.235 e. The van der Waals surface area contributed by atoms with Gasteiger partial charge in [0.05, 0.1) is 11.1 Å². The van der Waals surface area contributed by atoms with Crippen LogP contribution in [0.4, 0.5) is 0 Å². The van der Waals surface area contributed by atoms with Crippen molar-refractivity contribution < 1.29 is 4.79 Å². The molecular weight excluding hydrogens is 376 g/mol. The summed E-state index contributed by atoms with van der Waals surface area (Å²) in [7, 11) is 0. The molecule has 0 bridgehead atoms. The molecular formula is C25H28N2OS. The molecule has 4 heteroatoms. The first-order valence-electron chi connectivity index (χ1n) is 9.96. The summed E-state index contributed by atoms with van der Waals surface area (Å²) >= 11 is 1.56. The Morgan fingerprint density at radius 2 is 1.90 bits per heavy atom. The van der Waals surface area contributed by atoms with Gasteiger partial charge in [0.2, 0.25) is 5.91 Å². The molecule has 0 radical (unpaired) electrons. The average molecular weight is 405 g/mol. The number of nitrogens with zero attached hydrogens (tertiary/aromatic N) is 1. The topological polar surface area (TPSA) is 41.5 Å². The number of allylic oxidation sites excluding steroid dienone is 2. The molecule has 150 valence electrons. The van der Waals surface area contributed by atoms with Crippen molar-refractivity contribution in [3.05, 3.63) is 89.5 Å². The molecule has 2 aromatic carbocycles. The fourth-order valence-electron chi connectivity index (χ4n) is 3.42. The van der Waals surface area contributed by atoms with Crippen molar-refractivity contribution in [3.63, 3.8) is 0 Å². The largest absolute Gasteiger partial charge is 0.355 e. The monoisotopic (exact) mass is 404 g/mol. The molecule has 1 N–H and O–H groups in total. The third-order valence-electron chi connectivity index (χ3n) is 5.06. The minimum Gasteiger partial charge on any atom is -0.355 e. The number of hydrogen-bond donors (Lipinski definition) is 1. The summed E-state index contributed by atoms with van der Waals surface area (Å²) in [5, 5.41) is 3.87. The summed E-state index contributed by atoms with van der Waals surface area (Å²) in [5.41, 5.74) is 5.91. The zero-order valence-electron chi connectivity index (χ0n) is 17.3. The lowest BCUT2D eigenvalue weighted by molar-refractivity contribution is -0.120. The maximum atomic E-state index is 12.8. The molecule has 2 aromatic rings. The molecule has 0 aromatic heterocycles. The van der Waals surface area contributed by atoms with Gasteiger partial charge in [0.1, 0.15) is 5.25 Å². The third-order valence-corrected chi connectivity index (χ3v) is 6.48. The normalized spacial score (nSPS) is 19.0. The second-order valence-electron chi connectivity index (χ2n) is 7.36. The first-order chi connectivity index (χ1) is 14.0. The molecule has 3 nitrogen and oxygen atoms in total. The fraction of sp³-hybridized carbons (Fsp3) is 0.280. The van der Waals surface area contributed by atoms with Gasteiger partial charge < -0.3 is 5.32 Å². The van der Waals surface area contributed by atoms with Gasteiger partial charge in [-0.25, -0.2) is 0 Å². The van der Waals surface area contributed by atoms with Crippen molar-refractivity contribution >= 4 is 28.3 Å². The summed E-state index contributed by atoms with van der Waals surface area (Å²) in [6.45, 7) is 10.6. The highest BCUT2D eigenvalue weighted by Gasteiger charge is 2.33. The Hall–Kier alpha value is -2.59. The molecule has 0 aliphatic carbocycles. The molecule has 0 spiro atoms. The quantitative estimate of drug-likeness (QED) is 0.634. The minimum atomic E-state index is -0.184. The molecule has 1 aliphatic rings. The van der Waals surface area contributed by atoms with E-state index in [9.17, 15) is 4.79 Å². The highest BCUT2D eigenvalue weighted by Crippen LogP contribution is 2.31. The lowest BCUT2D eigenvalue weighted by atomic mass is 9.97. The predicted octanol–water partition coefficient (Wildman–Crippen LogP) is 5.33. The zero-order chi connectivity index (χ0) is 20.8. The Morgan fingerprint density at radius 1 is 1.17 bits per heavy atom. The summed E-state index contributed by atoms with van der Waals surface area (Å²) < 4.78 is 0. The third kappa shape index (κ3) is 5.27. The van der Waals surface area contributed by atoms with Gasteiger partial charge in [0, 0.05) is 12.1 Å². The van der Waals surface area contributed by atoms with Crippen LogP contribution in [0.2, 0.25) is 0 Å². The van der Waals surface area contributed by atoms with Crippen molar-refractivity contribution in [2.45, 2.75) is 38.5 Å². The first-order valence-corrected chi connectivity index (χ1v) is 10.8. The van der Waals surface area contributed by atoms with Crippen molar-refractivity contribution in [1.29, 1.82) is 0 Å². The Bertz CT molecular complexity index is 944. The van der Waals surface area contributed by atoms with Crippen molar-refractivity contribution in [2.75, 3.05) is 6.54 Å². The first kappa shape index (κ1) is 21.1. The second kappa shape index (κ2) is 9.75. The van der Waals surface area contributed by atoms with Crippen molar-refractivity contribution in [2.24, 2.45) is 4.99 Å². The van der Waals surface area contributed by atoms with Crippen LogP contribution in [0, 0.1) is 13.8 Å². The summed E-state index contributed by atoms with van der Waals surface area (Å²) in [4.78, 5) is 17.5. The fourth-order valence-corrected chi connectivity index (χ4v) is 4.61. The van der Waals surface area contributed by atoms with E-state index in [2.05, 4.69) is 62.1 Å². The van der Waals surface area contributed by atoms with Gasteiger partial charge in [-0.2, -0.15) is 0 Å². The number of amides is 1. The molecule has 1 aliphatic heterocycles. The van der Waals surface area contributed by atoms with Crippen LogP contribution in [-0.2, 0) is 4.79 Å². The molecule has 0 saturated heterocycles. The van der Waals surface area contributed by atoms with E-state index in [1.807, 2.05) is 25.1 Å². The smallest absolute Gasteiger partial charge is 0.235 e. The number of aliphatic imine (C=N–C) groups is 1. The van der Waals surface area contributed by atoms with Crippen LogP contribution in [0.15, 0.2) is 72.3 Å². The van der Waals surface area contributed by atoms with E-state index in [0.29, 0.717) is 6.54 Å². The van der Waals surface area contributed by atoms with Gasteiger partial charge in [0.25, 0.3) is 0 Å². The van der Waals surface area contributed by atoms with Crippen molar-refractivity contribution in [1.82, 2.24) is 5.32 Å². The SMILES string of the molecule is C=C/C=C(/CCNC(=O)C1SC(c2ccc(C)cc2)=NC1C)c1ccccc1C. The lowest BCUT2D eigenvalue weighted by Crippen LogP contribution is -2.37. The minimum absolute atomic E-state index is 0.0316. The lowest BCUT2D eigenvalue weighted by Gasteiger charge is -2.15. The molecule has 1 heterocycles. The number of nitrogens with one attached hydrogen (secondary N) is 1. The Balaban J connectivity index is 1.58. The van der Waals surface area contributed by atoms with Gasteiger partial charge in [-0.1, -0.05) is 84.6 Å². The summed E-state index contributed by atoms with van der Waals surface area (Å²) in [6, 6.07) is 16.6. The summed E-state index contributed by atoms with van der Waals surface area (Å²) in [6.07, 6.45) is 4.60. The van der Waals surface area contributed by atoms with Gasteiger partial charge in [-0.15, -0.1) is 0 Å². The van der Waals surface area contributed by atoms with E-state index in [1.165, 1.54) is 22.3 Å². The molecule has 0 fully saturated rings. The Labute approximate surface area is 178 Å². The van der Waals surface area contributed by atoms with Crippen LogP contribution in [-0.4, -0.2) is 28.8 Å². The van der Waals surface area contributed by atoms with E-state index in [4.69, 9.17) is 4.99 Å². The van der Waals surface area contributed by atoms with E-state index >= 15 is 0 Å². The molecule has 2 unspecified atom stereocenters. The number of carbonyl (C=O) groups is 1. The van der Waals surface area contributed by atoms with Gasteiger partial charge >= 0.3 is 0 Å². The van der Waals surface area contributed by atoms with Crippen LogP contribution in [0.25, 0.3) is 5.57 Å². The van der Waals surface area contributed by atoms with Gasteiger partial charge in [-0.05, 0) is 43.9 Å². The van der Waals surface area contributed by atoms with E-state index in [1.54, 1.807) is 17.8 Å². The Kier molecular flexibility index (Phi) is 7.10. The molecule has 1 amide bonds. The van der Waals surface area contributed by atoms with Crippen LogP contribution in [0.5, 0.6) is 0 Å². The predicted molar refractivity (Wildman–Crippen MR) is 126 cm³/mol. The molecule has 0 saturated carbocycles. The number of aryl methyl sites for hydroxylation is 2. The number of rotatable bonds is 7. The number of benzene rings is 2. The van der Waals surface area contributed by atoms with Gasteiger partial charge in [-0.3, -0.25) is 9.79 Å². The molecule has 3 rings (SSSR count). The maximum absolute atomic E-state index is 12.8. The van der Waals surface area contributed by atoms with Crippen LogP contribution in [0.3, 0.4) is 0 Å². The summed E-state index contributed by atoms with van der Waals surface area (Å²) in [5.74, 6) is 0.0519. The van der Waals surface area contributed by atoms with Crippen LogP contribution >= 0.6 is 11.8 Å². The highest BCUT2D eigenvalue weighted by molar-refractivity contribution is 8.15. The highest BCUT2D eigenvalue weighted by atomic mass is 32.2. The van der Waals surface area contributed by atoms with E-state index in [0.717, 1.165) is 17.0 Å². The molecule has 29 heavy (non-hydrogen) atoms. The van der Waals surface area contributed by atoms with Crippen LogP contribution in [0.1, 0.15) is 35.6 Å². The van der Waals surface area contributed by atoms with Crippen molar-refractivity contribution in [3.8, 4) is 0 Å². The number of hydrogen-bond acceptors (Lipinski definition) is 3. The molecule has 2 atom stereocenters. The van der Waals surface area contributed by atoms with E-state index < -0.39 is 0 Å². The van der Waals surface area contributed by atoms with E-state index in [-0.39, 0.29) is 17.2 Å². The standard InChI is InChI=1S/C25H28N2OS/c1-5-8-20(22-10-7-6-9-18(22)3)15-16-26-24(28)23-19(4)27-25(29-23)21-13-11-17(2)12-14-21/h5-14,19,23H,1,15-16H2,2-4H3,(H,26,28)/b20-8-. The van der Waals surface area contributed by atoms with Crippen LogP contribution < -0.4 is 5.32 Å². The zero-order valence-corrected chi connectivity index (χ0v) is 18.1. The Morgan fingerprint density at radius 3 is 2.59 bits per heavy atom.